The minimum atomic E-state index is 0.581. The highest BCUT2D eigenvalue weighted by molar-refractivity contribution is 5.60. The average molecular weight is 230 g/mol. The number of methoxy groups -OCH3 is 1. The van der Waals surface area contributed by atoms with Crippen LogP contribution in [0, 0.1) is 6.92 Å². The van der Waals surface area contributed by atoms with E-state index in [4.69, 9.17) is 10.5 Å². The van der Waals surface area contributed by atoms with E-state index in [2.05, 4.69) is 15.3 Å². The Hall–Kier alpha value is -2.30. The van der Waals surface area contributed by atoms with Gasteiger partial charge in [-0.05, 0) is 24.6 Å². The smallest absolute Gasteiger partial charge is 0.213 e. The molecule has 0 saturated carbocycles. The lowest BCUT2D eigenvalue weighted by Crippen LogP contribution is -1.98. The molecule has 2 aromatic rings. The lowest BCUT2D eigenvalue weighted by molar-refractivity contribution is 0.398. The van der Waals surface area contributed by atoms with Crippen LogP contribution >= 0.6 is 0 Å². The number of nitrogens with zero attached hydrogens (tertiary/aromatic N) is 2. The van der Waals surface area contributed by atoms with Crippen LogP contribution in [-0.2, 0) is 0 Å². The fraction of sp³-hybridized carbons (Fsp3) is 0.167. The summed E-state index contributed by atoms with van der Waals surface area (Å²) in [4.78, 5) is 8.32. The third kappa shape index (κ3) is 2.63. The first-order valence-electron chi connectivity index (χ1n) is 5.18. The van der Waals surface area contributed by atoms with E-state index in [1.54, 1.807) is 25.6 Å². The summed E-state index contributed by atoms with van der Waals surface area (Å²) in [5.41, 5.74) is 8.13. The molecule has 0 aliphatic rings. The molecule has 0 amide bonds. The Bertz CT molecular complexity index is 510. The summed E-state index contributed by atoms with van der Waals surface area (Å²) in [6.45, 7) is 1.95. The van der Waals surface area contributed by atoms with Crippen molar-refractivity contribution < 1.29 is 4.74 Å². The van der Waals surface area contributed by atoms with Crippen molar-refractivity contribution in [3.8, 4) is 5.88 Å². The number of nitrogens with one attached hydrogen (secondary N) is 1. The highest BCUT2D eigenvalue weighted by Gasteiger charge is 2.01. The number of rotatable bonds is 3. The number of ether oxygens (including phenoxy) is 1. The first-order valence-corrected chi connectivity index (χ1v) is 5.18. The Morgan fingerprint density at radius 2 is 2.06 bits per heavy atom. The zero-order chi connectivity index (χ0) is 12.3. The Labute approximate surface area is 99.7 Å². The lowest BCUT2D eigenvalue weighted by Gasteiger charge is -2.08. The fourth-order valence-corrected chi connectivity index (χ4v) is 1.44. The van der Waals surface area contributed by atoms with Gasteiger partial charge in [0, 0.05) is 6.07 Å². The molecule has 3 N–H and O–H groups in total. The minimum absolute atomic E-state index is 0.581. The number of hydrogen-bond donors (Lipinski definition) is 2. The number of anilines is 3. The molecule has 17 heavy (non-hydrogen) atoms. The Kier molecular flexibility index (Phi) is 3.09. The van der Waals surface area contributed by atoms with Gasteiger partial charge in [-0.2, -0.15) is 0 Å². The lowest BCUT2D eigenvalue weighted by atomic mass is 10.2. The maximum Gasteiger partial charge on any atom is 0.213 e. The second-order valence-electron chi connectivity index (χ2n) is 3.65. The molecule has 0 spiro atoms. The molecule has 88 valence electrons. The van der Waals surface area contributed by atoms with Crippen LogP contribution < -0.4 is 15.8 Å². The van der Waals surface area contributed by atoms with Crippen LogP contribution in [0.4, 0.5) is 17.2 Å². The van der Waals surface area contributed by atoms with Crippen LogP contribution in [-0.4, -0.2) is 17.1 Å². The molecule has 2 heterocycles. The van der Waals surface area contributed by atoms with Gasteiger partial charge in [0.05, 0.1) is 30.9 Å². The molecule has 0 atom stereocenters. The van der Waals surface area contributed by atoms with Crippen molar-refractivity contribution >= 4 is 17.2 Å². The topological polar surface area (TPSA) is 73.1 Å². The quantitative estimate of drug-likeness (QED) is 0.844. The van der Waals surface area contributed by atoms with E-state index in [1.165, 1.54) is 0 Å². The third-order valence-corrected chi connectivity index (χ3v) is 2.31. The number of aryl methyl sites for hydroxylation is 1. The first kappa shape index (κ1) is 11.2. The second-order valence-corrected chi connectivity index (χ2v) is 3.65. The summed E-state index contributed by atoms with van der Waals surface area (Å²) in [6.07, 6.45) is 3.31. The number of nitrogen functional groups attached to an aromatic ring is 1. The predicted octanol–water partition coefficient (Wildman–Crippen LogP) is 2.12. The van der Waals surface area contributed by atoms with Gasteiger partial charge in [0.25, 0.3) is 0 Å². The molecule has 2 rings (SSSR count). The van der Waals surface area contributed by atoms with Crippen molar-refractivity contribution in [3.63, 3.8) is 0 Å². The summed E-state index contributed by atoms with van der Waals surface area (Å²) in [5, 5.41) is 3.17. The molecule has 0 aliphatic heterocycles. The standard InChI is InChI=1S/C12H14N4O/c1-8-5-9(13)6-15-12(8)16-10-3-4-11(17-2)14-7-10/h3-7H,13H2,1-2H3,(H,15,16). The van der Waals surface area contributed by atoms with E-state index < -0.39 is 0 Å². The van der Waals surface area contributed by atoms with Crippen LogP contribution in [0.5, 0.6) is 5.88 Å². The zero-order valence-corrected chi connectivity index (χ0v) is 9.77. The summed E-state index contributed by atoms with van der Waals surface area (Å²) >= 11 is 0. The summed E-state index contributed by atoms with van der Waals surface area (Å²) in [6, 6.07) is 5.53. The third-order valence-electron chi connectivity index (χ3n) is 2.31. The Morgan fingerprint density at radius 1 is 1.24 bits per heavy atom. The van der Waals surface area contributed by atoms with Gasteiger partial charge in [-0.3, -0.25) is 0 Å². The maximum absolute atomic E-state index is 5.64. The molecule has 0 fully saturated rings. The van der Waals surface area contributed by atoms with E-state index in [0.29, 0.717) is 11.6 Å². The molecule has 0 unspecified atom stereocenters. The zero-order valence-electron chi connectivity index (χ0n) is 9.77. The van der Waals surface area contributed by atoms with Crippen molar-refractivity contribution in [1.29, 1.82) is 0 Å². The highest BCUT2D eigenvalue weighted by Crippen LogP contribution is 2.20. The van der Waals surface area contributed by atoms with Crippen LogP contribution in [0.15, 0.2) is 30.6 Å². The monoisotopic (exact) mass is 230 g/mol. The normalized spacial score (nSPS) is 10.0. The van der Waals surface area contributed by atoms with Crippen LogP contribution in [0.1, 0.15) is 5.56 Å². The van der Waals surface area contributed by atoms with Crippen molar-refractivity contribution in [2.24, 2.45) is 0 Å². The van der Waals surface area contributed by atoms with Gasteiger partial charge >= 0.3 is 0 Å². The van der Waals surface area contributed by atoms with Crippen molar-refractivity contribution in [2.75, 3.05) is 18.2 Å². The molecule has 0 saturated heterocycles. The molecular formula is C12H14N4O. The molecule has 0 bridgehead atoms. The van der Waals surface area contributed by atoms with Gasteiger partial charge in [-0.25, -0.2) is 9.97 Å². The summed E-state index contributed by atoms with van der Waals surface area (Å²) < 4.78 is 4.99. The highest BCUT2D eigenvalue weighted by atomic mass is 16.5. The molecule has 0 aliphatic carbocycles. The van der Waals surface area contributed by atoms with Crippen molar-refractivity contribution in [1.82, 2.24) is 9.97 Å². The van der Waals surface area contributed by atoms with Crippen LogP contribution in [0.2, 0.25) is 0 Å². The molecular weight excluding hydrogens is 216 g/mol. The molecule has 5 heteroatoms. The SMILES string of the molecule is COc1ccc(Nc2ncc(N)cc2C)cn1. The van der Waals surface area contributed by atoms with E-state index in [-0.39, 0.29) is 0 Å². The van der Waals surface area contributed by atoms with Gasteiger partial charge in [0.15, 0.2) is 0 Å². The van der Waals surface area contributed by atoms with Gasteiger partial charge in [0.1, 0.15) is 5.82 Å². The number of hydrogen-bond acceptors (Lipinski definition) is 5. The summed E-state index contributed by atoms with van der Waals surface area (Å²) in [5.74, 6) is 1.35. The number of nitrogens with two attached hydrogens (primary N) is 1. The van der Waals surface area contributed by atoms with E-state index in [1.807, 2.05) is 19.1 Å². The number of pyridine rings is 2. The fourth-order valence-electron chi connectivity index (χ4n) is 1.44. The minimum Gasteiger partial charge on any atom is -0.481 e. The van der Waals surface area contributed by atoms with E-state index in [0.717, 1.165) is 17.1 Å². The Balaban J connectivity index is 2.19. The van der Waals surface area contributed by atoms with E-state index in [9.17, 15) is 0 Å². The average Bonchev–Trinajstić information content (AvgIpc) is 2.34. The molecule has 0 radical (unpaired) electrons. The maximum atomic E-state index is 5.64. The van der Waals surface area contributed by atoms with Crippen LogP contribution in [0.25, 0.3) is 0 Å². The molecule has 2 aromatic heterocycles. The predicted molar refractivity (Wildman–Crippen MR) is 67.5 cm³/mol. The summed E-state index contributed by atoms with van der Waals surface area (Å²) in [7, 11) is 1.58. The largest absolute Gasteiger partial charge is 0.481 e. The van der Waals surface area contributed by atoms with Gasteiger partial charge < -0.3 is 15.8 Å². The van der Waals surface area contributed by atoms with Crippen LogP contribution in [0.3, 0.4) is 0 Å². The first-order chi connectivity index (χ1) is 8.19. The molecule has 0 aromatic carbocycles. The van der Waals surface area contributed by atoms with Crippen molar-refractivity contribution in [3.05, 3.63) is 36.2 Å². The Morgan fingerprint density at radius 3 is 2.65 bits per heavy atom. The van der Waals surface area contributed by atoms with Gasteiger partial charge in [-0.1, -0.05) is 0 Å². The van der Waals surface area contributed by atoms with Gasteiger partial charge in [-0.15, -0.1) is 0 Å². The van der Waals surface area contributed by atoms with Gasteiger partial charge in [0.2, 0.25) is 5.88 Å². The molecule has 5 nitrogen and oxygen atoms in total. The second kappa shape index (κ2) is 4.69. The van der Waals surface area contributed by atoms with Crippen molar-refractivity contribution in [2.45, 2.75) is 6.92 Å². The van der Waals surface area contributed by atoms with E-state index >= 15 is 0 Å². The number of aromatic nitrogens is 2.